The van der Waals surface area contributed by atoms with Crippen molar-refractivity contribution in [3.8, 4) is 5.75 Å². The Hall–Kier alpha value is -3.45. The van der Waals surface area contributed by atoms with Crippen LogP contribution in [0.3, 0.4) is 0 Å². The molecule has 4 nitrogen and oxygen atoms in total. The highest BCUT2D eigenvalue weighted by molar-refractivity contribution is 6.30. The van der Waals surface area contributed by atoms with Crippen molar-refractivity contribution >= 4 is 28.5 Å². The number of carboxylic acids is 1. The monoisotopic (exact) mass is 445 g/mol. The summed E-state index contributed by atoms with van der Waals surface area (Å²) in [5, 5.41) is 10.4. The number of benzene rings is 3. The Labute approximate surface area is 180 Å². The molecule has 1 aromatic heterocycles. The Morgan fingerprint density at radius 1 is 0.968 bits per heavy atom. The van der Waals surface area contributed by atoms with Crippen molar-refractivity contribution in [1.82, 2.24) is 4.57 Å². The van der Waals surface area contributed by atoms with Crippen molar-refractivity contribution in [2.24, 2.45) is 0 Å². The van der Waals surface area contributed by atoms with Crippen molar-refractivity contribution in [1.29, 1.82) is 0 Å². The van der Waals surface area contributed by atoms with E-state index in [9.17, 15) is 23.1 Å². The van der Waals surface area contributed by atoms with Gasteiger partial charge in [0.2, 0.25) is 0 Å². The van der Waals surface area contributed by atoms with Crippen LogP contribution in [0.1, 0.15) is 21.5 Å². The molecular weight excluding hydrogens is 431 g/mol. The van der Waals surface area contributed by atoms with E-state index in [1.165, 1.54) is 6.07 Å². The molecule has 0 unspecified atom stereocenters. The molecular formula is C23H15ClF3NO3. The summed E-state index contributed by atoms with van der Waals surface area (Å²) in [7, 11) is 0. The molecule has 0 atom stereocenters. The second-order valence-electron chi connectivity index (χ2n) is 6.89. The minimum atomic E-state index is -1.27. The zero-order chi connectivity index (χ0) is 22.1. The molecule has 0 saturated carbocycles. The number of hydrogen-bond donors (Lipinski definition) is 1. The zero-order valence-electron chi connectivity index (χ0n) is 15.9. The van der Waals surface area contributed by atoms with Crippen LogP contribution in [0.4, 0.5) is 13.2 Å². The van der Waals surface area contributed by atoms with Crippen LogP contribution in [-0.2, 0) is 13.2 Å². The first-order chi connectivity index (χ1) is 14.8. The summed E-state index contributed by atoms with van der Waals surface area (Å²) in [6, 6.07) is 12.8. The SMILES string of the molecule is O=C(O)c1cccc2c1ccn2Cc1cc(Cl)ccc1OCc1cc(F)c(F)cc1F. The first-order valence-corrected chi connectivity index (χ1v) is 9.57. The summed E-state index contributed by atoms with van der Waals surface area (Å²) in [5.74, 6) is -3.99. The fraction of sp³-hybridized carbons (Fsp3) is 0.0870. The summed E-state index contributed by atoms with van der Waals surface area (Å²) >= 11 is 6.13. The van der Waals surface area contributed by atoms with E-state index in [-0.39, 0.29) is 17.7 Å². The average Bonchev–Trinajstić information content (AvgIpc) is 3.13. The second kappa shape index (κ2) is 8.35. The molecule has 0 fully saturated rings. The van der Waals surface area contributed by atoms with Crippen molar-refractivity contribution in [3.63, 3.8) is 0 Å². The number of nitrogens with zero attached hydrogens (tertiary/aromatic N) is 1. The molecule has 31 heavy (non-hydrogen) atoms. The molecule has 0 spiro atoms. The number of ether oxygens (including phenoxy) is 1. The Morgan fingerprint density at radius 2 is 1.74 bits per heavy atom. The second-order valence-corrected chi connectivity index (χ2v) is 7.32. The molecule has 4 rings (SSSR count). The standard InChI is InChI=1S/C23H15ClF3NO3/c24-15-4-5-22(31-12-14-9-19(26)20(27)10-18(14)25)13(8-15)11-28-7-6-16-17(23(29)30)2-1-3-21(16)28/h1-10H,11-12H2,(H,29,30). The maximum atomic E-state index is 13.9. The van der Waals surface area contributed by atoms with E-state index in [1.54, 1.807) is 42.6 Å². The lowest BCUT2D eigenvalue weighted by molar-refractivity contribution is 0.0699. The molecule has 158 valence electrons. The third-order valence-electron chi connectivity index (χ3n) is 4.88. The van der Waals surface area contributed by atoms with Crippen LogP contribution < -0.4 is 4.74 Å². The summed E-state index contributed by atoms with van der Waals surface area (Å²) in [4.78, 5) is 11.4. The van der Waals surface area contributed by atoms with E-state index >= 15 is 0 Å². The van der Waals surface area contributed by atoms with Gasteiger partial charge in [0.05, 0.1) is 12.1 Å². The van der Waals surface area contributed by atoms with E-state index in [0.717, 1.165) is 6.07 Å². The Morgan fingerprint density at radius 3 is 2.52 bits per heavy atom. The van der Waals surface area contributed by atoms with Gasteiger partial charge < -0.3 is 14.4 Å². The molecule has 0 aliphatic rings. The maximum Gasteiger partial charge on any atom is 0.336 e. The van der Waals surface area contributed by atoms with Gasteiger partial charge in [-0.25, -0.2) is 18.0 Å². The number of aromatic nitrogens is 1. The van der Waals surface area contributed by atoms with Gasteiger partial charge in [-0.05, 0) is 42.5 Å². The lowest BCUT2D eigenvalue weighted by Gasteiger charge is -2.14. The van der Waals surface area contributed by atoms with Gasteiger partial charge in [0.15, 0.2) is 11.6 Å². The maximum absolute atomic E-state index is 13.9. The van der Waals surface area contributed by atoms with E-state index in [0.29, 0.717) is 39.8 Å². The van der Waals surface area contributed by atoms with Crippen molar-refractivity contribution in [2.75, 3.05) is 0 Å². The van der Waals surface area contributed by atoms with Gasteiger partial charge in [0.1, 0.15) is 18.2 Å². The van der Waals surface area contributed by atoms with E-state index in [1.807, 2.05) is 4.57 Å². The van der Waals surface area contributed by atoms with Gasteiger partial charge in [0.25, 0.3) is 0 Å². The van der Waals surface area contributed by atoms with Crippen LogP contribution in [0.15, 0.2) is 60.8 Å². The predicted molar refractivity (Wildman–Crippen MR) is 110 cm³/mol. The number of rotatable bonds is 6. The summed E-state index contributed by atoms with van der Waals surface area (Å²) in [6.07, 6.45) is 1.75. The first-order valence-electron chi connectivity index (χ1n) is 9.19. The van der Waals surface area contributed by atoms with Crippen LogP contribution in [0.25, 0.3) is 10.9 Å². The van der Waals surface area contributed by atoms with Gasteiger partial charge in [-0.1, -0.05) is 17.7 Å². The Kier molecular flexibility index (Phi) is 5.61. The molecule has 0 amide bonds. The lowest BCUT2D eigenvalue weighted by atomic mass is 10.1. The molecule has 4 aromatic rings. The van der Waals surface area contributed by atoms with Crippen LogP contribution in [-0.4, -0.2) is 15.6 Å². The average molecular weight is 446 g/mol. The Bertz CT molecular complexity index is 1300. The fourth-order valence-corrected chi connectivity index (χ4v) is 3.57. The number of halogens is 4. The quantitative estimate of drug-likeness (QED) is 0.368. The first kappa shape index (κ1) is 20.8. The number of carboxylic acid groups (broad SMARTS) is 1. The van der Waals surface area contributed by atoms with E-state index < -0.39 is 23.4 Å². The molecule has 0 radical (unpaired) electrons. The molecule has 0 saturated heterocycles. The van der Waals surface area contributed by atoms with Gasteiger partial charge in [-0.15, -0.1) is 0 Å². The van der Waals surface area contributed by atoms with Crippen LogP contribution in [0.2, 0.25) is 5.02 Å². The largest absolute Gasteiger partial charge is 0.488 e. The van der Waals surface area contributed by atoms with E-state index in [4.69, 9.17) is 16.3 Å². The Balaban J connectivity index is 1.64. The number of aromatic carboxylic acids is 1. The molecule has 0 bridgehead atoms. The highest BCUT2D eigenvalue weighted by Crippen LogP contribution is 2.28. The van der Waals surface area contributed by atoms with Gasteiger partial charge >= 0.3 is 5.97 Å². The molecule has 1 heterocycles. The third-order valence-corrected chi connectivity index (χ3v) is 5.11. The summed E-state index contributed by atoms with van der Waals surface area (Å²) < 4.78 is 48.0. The normalized spacial score (nSPS) is 11.1. The number of fused-ring (bicyclic) bond motifs is 1. The lowest BCUT2D eigenvalue weighted by Crippen LogP contribution is -2.05. The predicted octanol–water partition coefficient (Wildman–Crippen LogP) is 6.04. The van der Waals surface area contributed by atoms with Crippen molar-refractivity contribution in [3.05, 3.63) is 100.0 Å². The molecule has 3 aromatic carbocycles. The number of hydrogen-bond acceptors (Lipinski definition) is 2. The topological polar surface area (TPSA) is 51.5 Å². The molecule has 0 aliphatic heterocycles. The van der Waals surface area contributed by atoms with Crippen molar-refractivity contribution in [2.45, 2.75) is 13.2 Å². The third kappa shape index (κ3) is 4.22. The van der Waals surface area contributed by atoms with Gasteiger partial charge in [-0.2, -0.15) is 0 Å². The van der Waals surface area contributed by atoms with Crippen LogP contribution in [0, 0.1) is 17.5 Å². The van der Waals surface area contributed by atoms with E-state index in [2.05, 4.69) is 0 Å². The smallest absolute Gasteiger partial charge is 0.336 e. The molecule has 8 heteroatoms. The molecule has 1 N–H and O–H groups in total. The fourth-order valence-electron chi connectivity index (χ4n) is 3.37. The number of carbonyl (C=O) groups is 1. The van der Waals surface area contributed by atoms with Gasteiger partial charge in [-0.3, -0.25) is 0 Å². The summed E-state index contributed by atoms with van der Waals surface area (Å²) in [5.41, 5.74) is 1.41. The van der Waals surface area contributed by atoms with Gasteiger partial charge in [0, 0.05) is 39.3 Å². The zero-order valence-corrected chi connectivity index (χ0v) is 16.7. The summed E-state index contributed by atoms with van der Waals surface area (Å²) in [6.45, 7) is -0.0179. The highest BCUT2D eigenvalue weighted by Gasteiger charge is 2.14. The van der Waals surface area contributed by atoms with Crippen molar-refractivity contribution < 1.29 is 27.8 Å². The minimum absolute atomic E-state index is 0.127. The van der Waals surface area contributed by atoms with Crippen LogP contribution in [0.5, 0.6) is 5.75 Å². The minimum Gasteiger partial charge on any atom is -0.488 e. The molecule has 0 aliphatic carbocycles. The highest BCUT2D eigenvalue weighted by atomic mass is 35.5. The van der Waals surface area contributed by atoms with Crippen LogP contribution >= 0.6 is 11.6 Å².